The Bertz CT molecular complexity index is 196. The van der Waals surface area contributed by atoms with E-state index in [0.29, 0.717) is 24.2 Å². The van der Waals surface area contributed by atoms with E-state index in [1.165, 1.54) is 6.42 Å². The Hall–Kier alpha value is -0.570. The third-order valence-corrected chi connectivity index (χ3v) is 2.99. The lowest BCUT2D eigenvalue weighted by molar-refractivity contribution is -0.133. The molecule has 0 aromatic rings. The van der Waals surface area contributed by atoms with Crippen LogP contribution in [0.5, 0.6) is 0 Å². The van der Waals surface area contributed by atoms with Crippen molar-refractivity contribution in [2.45, 2.75) is 33.6 Å². The molecule has 3 nitrogen and oxygen atoms in total. The highest BCUT2D eigenvalue weighted by atomic mass is 16.2. The predicted molar refractivity (Wildman–Crippen MR) is 62.7 cm³/mol. The Morgan fingerprint density at radius 1 is 1.33 bits per heavy atom. The third-order valence-electron chi connectivity index (χ3n) is 2.99. The van der Waals surface area contributed by atoms with Crippen LogP contribution in [0.15, 0.2) is 0 Å². The SMILES string of the molecule is CCNCCC(=O)N1CC(C)CC(C)C1. The Balaban J connectivity index is 2.31. The van der Waals surface area contributed by atoms with Crippen molar-refractivity contribution in [1.29, 1.82) is 0 Å². The van der Waals surface area contributed by atoms with Crippen molar-refractivity contribution in [1.82, 2.24) is 10.2 Å². The van der Waals surface area contributed by atoms with Gasteiger partial charge in [-0.25, -0.2) is 0 Å². The van der Waals surface area contributed by atoms with Crippen LogP contribution in [0.4, 0.5) is 0 Å². The first-order valence-corrected chi connectivity index (χ1v) is 6.12. The summed E-state index contributed by atoms with van der Waals surface area (Å²) >= 11 is 0. The zero-order chi connectivity index (χ0) is 11.3. The Labute approximate surface area is 93.2 Å². The molecule has 1 heterocycles. The topological polar surface area (TPSA) is 32.3 Å². The molecule has 15 heavy (non-hydrogen) atoms. The average molecular weight is 212 g/mol. The van der Waals surface area contributed by atoms with Gasteiger partial charge in [-0.15, -0.1) is 0 Å². The number of carbonyl (C=O) groups excluding carboxylic acids is 1. The van der Waals surface area contributed by atoms with Crippen molar-refractivity contribution in [3.05, 3.63) is 0 Å². The second kappa shape index (κ2) is 6.11. The standard InChI is InChI=1S/C12H24N2O/c1-4-13-6-5-12(15)14-8-10(2)7-11(3)9-14/h10-11,13H,4-9H2,1-3H3. The fraction of sp³-hybridized carbons (Fsp3) is 0.917. The molecule has 0 radical (unpaired) electrons. The van der Waals surface area contributed by atoms with E-state index >= 15 is 0 Å². The van der Waals surface area contributed by atoms with Gasteiger partial charge in [0.25, 0.3) is 0 Å². The number of rotatable bonds is 4. The molecule has 0 aromatic heterocycles. The summed E-state index contributed by atoms with van der Waals surface area (Å²) in [7, 11) is 0. The second-order valence-electron chi connectivity index (χ2n) is 4.85. The van der Waals surface area contributed by atoms with Gasteiger partial charge in [0.1, 0.15) is 0 Å². The lowest BCUT2D eigenvalue weighted by Gasteiger charge is -2.35. The second-order valence-corrected chi connectivity index (χ2v) is 4.85. The van der Waals surface area contributed by atoms with Crippen molar-refractivity contribution < 1.29 is 4.79 Å². The lowest BCUT2D eigenvalue weighted by atomic mass is 9.92. The molecule has 0 aliphatic carbocycles. The highest BCUT2D eigenvalue weighted by Gasteiger charge is 2.24. The van der Waals surface area contributed by atoms with E-state index in [0.717, 1.165) is 26.2 Å². The fourth-order valence-electron chi connectivity index (χ4n) is 2.40. The first kappa shape index (κ1) is 12.5. The summed E-state index contributed by atoms with van der Waals surface area (Å²) in [5.74, 6) is 1.64. The molecule has 0 aromatic carbocycles. The molecule has 1 aliphatic rings. The lowest BCUT2D eigenvalue weighted by Crippen LogP contribution is -2.43. The quantitative estimate of drug-likeness (QED) is 0.716. The minimum atomic E-state index is 0.314. The number of likely N-dealkylation sites (tertiary alicyclic amines) is 1. The summed E-state index contributed by atoms with van der Waals surface area (Å²) in [6, 6.07) is 0. The van der Waals surface area contributed by atoms with Crippen LogP contribution in [0.2, 0.25) is 0 Å². The van der Waals surface area contributed by atoms with Crippen LogP contribution in [0.1, 0.15) is 33.6 Å². The van der Waals surface area contributed by atoms with Crippen molar-refractivity contribution >= 4 is 5.91 Å². The zero-order valence-electron chi connectivity index (χ0n) is 10.3. The summed E-state index contributed by atoms with van der Waals surface area (Å²) in [5, 5.41) is 3.19. The molecule has 2 unspecified atom stereocenters. The number of nitrogens with zero attached hydrogens (tertiary/aromatic N) is 1. The van der Waals surface area contributed by atoms with Gasteiger partial charge in [0.05, 0.1) is 0 Å². The van der Waals surface area contributed by atoms with Gasteiger partial charge >= 0.3 is 0 Å². The maximum atomic E-state index is 11.8. The van der Waals surface area contributed by atoms with E-state index in [2.05, 4.69) is 26.1 Å². The summed E-state index contributed by atoms with van der Waals surface area (Å²) in [5.41, 5.74) is 0. The molecule has 2 atom stereocenters. The fourth-order valence-corrected chi connectivity index (χ4v) is 2.40. The molecule has 1 aliphatic heterocycles. The van der Waals surface area contributed by atoms with Crippen LogP contribution < -0.4 is 5.32 Å². The maximum absolute atomic E-state index is 11.8. The van der Waals surface area contributed by atoms with Crippen LogP contribution in [0.3, 0.4) is 0 Å². The third kappa shape index (κ3) is 4.20. The van der Waals surface area contributed by atoms with Crippen LogP contribution >= 0.6 is 0 Å². The summed E-state index contributed by atoms with van der Waals surface area (Å²) in [4.78, 5) is 13.9. The van der Waals surface area contributed by atoms with E-state index < -0.39 is 0 Å². The number of amides is 1. The van der Waals surface area contributed by atoms with Gasteiger partial charge in [-0.3, -0.25) is 4.79 Å². The van der Waals surface area contributed by atoms with Crippen molar-refractivity contribution in [2.75, 3.05) is 26.2 Å². The molecular weight excluding hydrogens is 188 g/mol. The van der Waals surface area contributed by atoms with E-state index in [1.54, 1.807) is 0 Å². The van der Waals surface area contributed by atoms with Crippen molar-refractivity contribution in [3.63, 3.8) is 0 Å². The van der Waals surface area contributed by atoms with Gasteiger partial charge in [0.2, 0.25) is 5.91 Å². The van der Waals surface area contributed by atoms with Gasteiger partial charge < -0.3 is 10.2 Å². The van der Waals surface area contributed by atoms with Crippen LogP contribution in [0, 0.1) is 11.8 Å². The first-order chi connectivity index (χ1) is 7.13. The molecule has 88 valence electrons. The molecule has 1 N–H and O–H groups in total. The number of piperidine rings is 1. The summed E-state index contributed by atoms with van der Waals surface area (Å²) in [6.45, 7) is 10.2. The van der Waals surface area contributed by atoms with Crippen LogP contribution in [0.25, 0.3) is 0 Å². The Morgan fingerprint density at radius 3 is 2.47 bits per heavy atom. The Morgan fingerprint density at radius 2 is 1.93 bits per heavy atom. The smallest absolute Gasteiger partial charge is 0.223 e. The van der Waals surface area contributed by atoms with Gasteiger partial charge in [0.15, 0.2) is 0 Å². The minimum Gasteiger partial charge on any atom is -0.342 e. The molecule has 3 heteroatoms. The molecular formula is C12H24N2O. The van der Waals surface area contributed by atoms with E-state index in [4.69, 9.17) is 0 Å². The van der Waals surface area contributed by atoms with E-state index in [9.17, 15) is 4.79 Å². The first-order valence-electron chi connectivity index (χ1n) is 6.12. The van der Waals surface area contributed by atoms with Crippen molar-refractivity contribution in [3.8, 4) is 0 Å². The number of nitrogens with one attached hydrogen (secondary N) is 1. The number of carbonyl (C=O) groups is 1. The number of hydrogen-bond donors (Lipinski definition) is 1. The molecule has 1 fully saturated rings. The largest absolute Gasteiger partial charge is 0.342 e. The van der Waals surface area contributed by atoms with Gasteiger partial charge in [-0.2, -0.15) is 0 Å². The van der Waals surface area contributed by atoms with E-state index in [-0.39, 0.29) is 0 Å². The van der Waals surface area contributed by atoms with Crippen molar-refractivity contribution in [2.24, 2.45) is 11.8 Å². The molecule has 0 saturated carbocycles. The van der Waals surface area contributed by atoms with Crippen LogP contribution in [-0.2, 0) is 4.79 Å². The van der Waals surface area contributed by atoms with E-state index in [1.807, 2.05) is 4.90 Å². The minimum absolute atomic E-state index is 0.314. The normalized spacial score (nSPS) is 26.7. The van der Waals surface area contributed by atoms with Gasteiger partial charge in [-0.05, 0) is 24.8 Å². The van der Waals surface area contributed by atoms with Gasteiger partial charge in [-0.1, -0.05) is 20.8 Å². The Kier molecular flexibility index (Phi) is 5.09. The monoisotopic (exact) mass is 212 g/mol. The van der Waals surface area contributed by atoms with Gasteiger partial charge in [0, 0.05) is 26.1 Å². The molecule has 1 rings (SSSR count). The maximum Gasteiger partial charge on any atom is 0.223 e. The summed E-state index contributed by atoms with van der Waals surface area (Å²) < 4.78 is 0. The highest BCUT2D eigenvalue weighted by Crippen LogP contribution is 2.21. The zero-order valence-corrected chi connectivity index (χ0v) is 10.3. The molecule has 0 bridgehead atoms. The molecule has 1 saturated heterocycles. The van der Waals surface area contributed by atoms with Crippen LogP contribution in [-0.4, -0.2) is 37.0 Å². The summed E-state index contributed by atoms with van der Waals surface area (Å²) in [6.07, 6.45) is 1.91. The highest BCUT2D eigenvalue weighted by molar-refractivity contribution is 5.76. The molecule has 1 amide bonds. The number of hydrogen-bond acceptors (Lipinski definition) is 2. The predicted octanol–water partition coefficient (Wildman–Crippen LogP) is 1.49. The molecule has 0 spiro atoms. The average Bonchev–Trinajstić information content (AvgIpc) is 2.16.